The fourth-order valence-corrected chi connectivity index (χ4v) is 4.40. The van der Waals surface area contributed by atoms with Crippen LogP contribution < -0.4 is 9.03 Å². The zero-order valence-corrected chi connectivity index (χ0v) is 13.5. The van der Waals surface area contributed by atoms with E-state index in [1.807, 2.05) is 0 Å². The summed E-state index contributed by atoms with van der Waals surface area (Å²) in [5.41, 5.74) is -4.99. The van der Waals surface area contributed by atoms with E-state index in [0.29, 0.717) is 16.2 Å². The number of halogens is 3. The van der Waals surface area contributed by atoms with Crippen LogP contribution in [0.3, 0.4) is 0 Å². The van der Waals surface area contributed by atoms with Gasteiger partial charge in [0.25, 0.3) is 10.0 Å². The zero-order valence-electron chi connectivity index (χ0n) is 11.9. The van der Waals surface area contributed by atoms with Crippen molar-refractivity contribution in [2.75, 3.05) is 4.90 Å². The summed E-state index contributed by atoms with van der Waals surface area (Å²) in [5, 5.41) is 0. The molecule has 12 heteroatoms. The van der Waals surface area contributed by atoms with Gasteiger partial charge in [-0.3, -0.25) is 9.69 Å². The van der Waals surface area contributed by atoms with Gasteiger partial charge < -0.3 is 0 Å². The number of benzene rings is 1. The molecule has 0 atom stereocenters. The second-order valence-corrected chi connectivity index (χ2v) is 8.44. The Bertz CT molecular complexity index is 874. The standard InChI is InChI=1S/C12H11F3N2O5S2/c1-8-2-7-11(18)17(8)9-3-5-10(6-4-9)23(19,20)16-24(21,22)12(13,14)15/h3-6,16H,1-2,7H2. The molecule has 1 aliphatic heterocycles. The van der Waals surface area contributed by atoms with Crippen molar-refractivity contribution in [2.45, 2.75) is 23.2 Å². The number of nitrogens with one attached hydrogen (secondary N) is 1. The van der Waals surface area contributed by atoms with Crippen LogP contribution in [0.2, 0.25) is 0 Å². The molecule has 1 aromatic rings. The fourth-order valence-electron chi connectivity index (χ4n) is 1.99. The van der Waals surface area contributed by atoms with E-state index in [9.17, 15) is 34.8 Å². The molecule has 1 N–H and O–H groups in total. The van der Waals surface area contributed by atoms with E-state index in [0.717, 1.165) is 12.1 Å². The maximum Gasteiger partial charge on any atom is 0.512 e. The molecular weight excluding hydrogens is 373 g/mol. The lowest BCUT2D eigenvalue weighted by molar-refractivity contribution is -0.116. The van der Waals surface area contributed by atoms with Crippen molar-refractivity contribution in [3.8, 4) is 0 Å². The maximum absolute atomic E-state index is 12.3. The lowest BCUT2D eigenvalue weighted by Gasteiger charge is -2.17. The lowest BCUT2D eigenvalue weighted by atomic mass is 10.3. The molecule has 1 heterocycles. The Balaban J connectivity index is 2.30. The molecule has 1 amide bonds. The zero-order chi connectivity index (χ0) is 18.3. The van der Waals surface area contributed by atoms with E-state index in [4.69, 9.17) is 0 Å². The minimum absolute atomic E-state index is 0.240. The molecule has 1 saturated heterocycles. The van der Waals surface area contributed by atoms with Gasteiger partial charge in [-0.1, -0.05) is 10.7 Å². The third-order valence-corrected chi connectivity index (χ3v) is 6.38. The number of hydrogen-bond donors (Lipinski definition) is 1. The molecule has 0 aromatic heterocycles. The largest absolute Gasteiger partial charge is 0.512 e. The normalized spacial score (nSPS) is 16.7. The predicted molar refractivity (Wildman–Crippen MR) is 77.6 cm³/mol. The van der Waals surface area contributed by atoms with Crippen molar-refractivity contribution in [2.24, 2.45) is 0 Å². The van der Waals surface area contributed by atoms with E-state index in [2.05, 4.69) is 6.58 Å². The minimum atomic E-state index is -6.06. The van der Waals surface area contributed by atoms with Gasteiger partial charge in [0, 0.05) is 17.8 Å². The molecule has 0 aliphatic carbocycles. The molecule has 0 saturated carbocycles. The fraction of sp³-hybridized carbons (Fsp3) is 0.250. The summed E-state index contributed by atoms with van der Waals surface area (Å²) in [4.78, 5) is 12.2. The number of sulfonamides is 2. The highest BCUT2D eigenvalue weighted by atomic mass is 32.3. The third-order valence-electron chi connectivity index (χ3n) is 3.12. The summed E-state index contributed by atoms with van der Waals surface area (Å²) in [7, 11) is -11.0. The minimum Gasteiger partial charge on any atom is -0.285 e. The third kappa shape index (κ3) is 3.44. The number of anilines is 1. The lowest BCUT2D eigenvalue weighted by Crippen LogP contribution is -2.40. The molecule has 1 aromatic carbocycles. The Labute approximate surface area is 135 Å². The Morgan fingerprint density at radius 3 is 2.00 bits per heavy atom. The number of allylic oxidation sites excluding steroid dienone is 1. The van der Waals surface area contributed by atoms with Crippen LogP contribution in [0.1, 0.15) is 12.8 Å². The van der Waals surface area contributed by atoms with Gasteiger partial charge in [0.05, 0.1) is 4.90 Å². The predicted octanol–water partition coefficient (Wildman–Crippen LogP) is 1.46. The first kappa shape index (κ1) is 18.4. The average molecular weight is 384 g/mol. The van der Waals surface area contributed by atoms with Crippen LogP contribution in [0.4, 0.5) is 18.9 Å². The molecular formula is C12H11F3N2O5S2. The molecule has 0 unspecified atom stereocenters. The first-order valence-electron chi connectivity index (χ1n) is 6.31. The summed E-state index contributed by atoms with van der Waals surface area (Å²) in [6.07, 6.45) is 0.675. The number of carbonyl (C=O) groups is 1. The second-order valence-electron chi connectivity index (χ2n) is 4.83. The van der Waals surface area contributed by atoms with Crippen LogP contribution in [0.5, 0.6) is 0 Å². The van der Waals surface area contributed by atoms with Gasteiger partial charge in [0.15, 0.2) is 0 Å². The van der Waals surface area contributed by atoms with E-state index in [-0.39, 0.29) is 18.0 Å². The van der Waals surface area contributed by atoms with Crippen molar-refractivity contribution in [3.05, 3.63) is 36.5 Å². The molecule has 1 aliphatic rings. The summed E-state index contributed by atoms with van der Waals surface area (Å²) >= 11 is 0. The topological polar surface area (TPSA) is 101 Å². The second kappa shape index (κ2) is 5.86. The van der Waals surface area contributed by atoms with Crippen molar-refractivity contribution in [3.63, 3.8) is 0 Å². The summed E-state index contributed by atoms with van der Waals surface area (Å²) < 4.78 is 82.8. The van der Waals surface area contributed by atoms with E-state index in [1.165, 1.54) is 17.0 Å². The van der Waals surface area contributed by atoms with Crippen molar-refractivity contribution < 1.29 is 34.8 Å². The number of nitrogens with zero attached hydrogens (tertiary/aromatic N) is 1. The molecule has 132 valence electrons. The maximum atomic E-state index is 12.3. The van der Waals surface area contributed by atoms with Gasteiger partial charge in [-0.05, 0) is 30.7 Å². The molecule has 0 spiro atoms. The average Bonchev–Trinajstić information content (AvgIpc) is 2.76. The number of carbonyl (C=O) groups excluding carboxylic acids is 1. The van der Waals surface area contributed by atoms with Crippen LogP contribution in [-0.2, 0) is 24.8 Å². The summed E-state index contributed by atoms with van der Waals surface area (Å²) in [6, 6.07) is 4.12. The molecule has 0 bridgehead atoms. The monoisotopic (exact) mass is 384 g/mol. The van der Waals surface area contributed by atoms with Gasteiger partial charge in [-0.2, -0.15) is 13.2 Å². The first-order valence-corrected chi connectivity index (χ1v) is 9.27. The number of alkyl halides is 3. The van der Waals surface area contributed by atoms with Crippen molar-refractivity contribution >= 4 is 31.6 Å². The Kier molecular flexibility index (Phi) is 4.50. The molecule has 7 nitrogen and oxygen atoms in total. The van der Waals surface area contributed by atoms with Crippen molar-refractivity contribution in [1.29, 1.82) is 0 Å². The number of rotatable bonds is 4. The molecule has 0 radical (unpaired) electrons. The van der Waals surface area contributed by atoms with Crippen molar-refractivity contribution in [1.82, 2.24) is 4.13 Å². The highest BCUT2D eigenvalue weighted by molar-refractivity contribution is 8.05. The van der Waals surface area contributed by atoms with E-state index < -0.39 is 30.5 Å². The van der Waals surface area contributed by atoms with Gasteiger partial charge in [0.2, 0.25) is 5.91 Å². The quantitative estimate of drug-likeness (QED) is 0.847. The highest BCUT2D eigenvalue weighted by Gasteiger charge is 2.48. The molecule has 24 heavy (non-hydrogen) atoms. The first-order chi connectivity index (χ1) is 10.8. The Morgan fingerprint density at radius 2 is 1.58 bits per heavy atom. The Morgan fingerprint density at radius 1 is 1.04 bits per heavy atom. The summed E-state index contributed by atoms with van der Waals surface area (Å²) in [6.45, 7) is 3.68. The molecule has 2 rings (SSSR count). The Hall–Kier alpha value is -1.92. The van der Waals surface area contributed by atoms with Crippen LogP contribution in [0, 0.1) is 0 Å². The smallest absolute Gasteiger partial charge is 0.285 e. The van der Waals surface area contributed by atoms with Gasteiger partial charge in [-0.25, -0.2) is 16.8 Å². The van der Waals surface area contributed by atoms with Crippen LogP contribution in [0.15, 0.2) is 41.4 Å². The highest BCUT2D eigenvalue weighted by Crippen LogP contribution is 2.29. The molecule has 1 fully saturated rings. The van der Waals surface area contributed by atoms with E-state index in [1.54, 1.807) is 0 Å². The van der Waals surface area contributed by atoms with Gasteiger partial charge in [0.1, 0.15) is 0 Å². The number of amides is 1. The van der Waals surface area contributed by atoms with Crippen LogP contribution in [0.25, 0.3) is 0 Å². The SMILES string of the molecule is C=C1CCC(=O)N1c1ccc(S(=O)(=O)NS(=O)(=O)C(F)(F)F)cc1. The number of hydrogen-bond acceptors (Lipinski definition) is 5. The van der Waals surface area contributed by atoms with Gasteiger partial charge in [-0.15, -0.1) is 0 Å². The summed E-state index contributed by atoms with van der Waals surface area (Å²) in [5.74, 6) is -0.256. The van der Waals surface area contributed by atoms with Crippen LogP contribution >= 0.6 is 0 Å². The van der Waals surface area contributed by atoms with E-state index >= 15 is 0 Å². The van der Waals surface area contributed by atoms with Gasteiger partial charge >= 0.3 is 15.5 Å². The van der Waals surface area contributed by atoms with Crippen LogP contribution in [-0.4, -0.2) is 28.3 Å².